The first-order chi connectivity index (χ1) is 13.8. The molecule has 0 amide bonds. The number of benzene rings is 2. The van der Waals surface area contributed by atoms with Gasteiger partial charge in [0.05, 0.1) is 42.4 Å². The zero-order chi connectivity index (χ0) is 20.6. The van der Waals surface area contributed by atoms with E-state index < -0.39 is 10.0 Å². The monoisotopic (exact) mass is 470 g/mol. The molecule has 29 heavy (non-hydrogen) atoms. The van der Waals surface area contributed by atoms with E-state index in [4.69, 9.17) is 28.3 Å². The first-order valence-electron chi connectivity index (χ1n) is 8.44. The number of anilines is 1. The van der Waals surface area contributed by atoms with Gasteiger partial charge in [-0.2, -0.15) is 0 Å². The highest BCUT2D eigenvalue weighted by atomic mass is 35.5. The molecule has 1 aromatic heterocycles. The SMILES string of the molecule is NS(=O)(=O)c1cc2c(cc1Cl)NCN(Cc1cn(Cc3ccc(Cl)cc3)nn1)S2. The van der Waals surface area contributed by atoms with E-state index in [1.54, 1.807) is 10.7 Å². The third-order valence-corrected chi connectivity index (χ3v) is 6.87. The highest BCUT2D eigenvalue weighted by Gasteiger charge is 2.23. The maximum Gasteiger partial charge on any atom is 0.239 e. The number of rotatable bonds is 5. The smallest absolute Gasteiger partial charge is 0.239 e. The molecule has 0 atom stereocenters. The number of primary sulfonamides is 1. The number of aromatic nitrogens is 3. The molecule has 1 aliphatic rings. The van der Waals surface area contributed by atoms with Crippen molar-refractivity contribution in [2.24, 2.45) is 5.14 Å². The van der Waals surface area contributed by atoms with Crippen LogP contribution in [0.15, 0.2) is 52.4 Å². The van der Waals surface area contributed by atoms with Gasteiger partial charge in [0.25, 0.3) is 0 Å². The number of hydrogen-bond donors (Lipinski definition) is 2. The quantitative estimate of drug-likeness (QED) is 0.551. The molecule has 3 N–H and O–H groups in total. The number of nitrogens with zero attached hydrogens (tertiary/aromatic N) is 4. The van der Waals surface area contributed by atoms with Gasteiger partial charge in [0.2, 0.25) is 10.0 Å². The Morgan fingerprint density at radius 3 is 2.66 bits per heavy atom. The number of fused-ring (bicyclic) bond motifs is 1. The lowest BCUT2D eigenvalue weighted by Crippen LogP contribution is -2.27. The van der Waals surface area contributed by atoms with Gasteiger partial charge in [-0.25, -0.2) is 22.5 Å². The fraction of sp³-hybridized carbons (Fsp3) is 0.176. The van der Waals surface area contributed by atoms with Crippen LogP contribution in [0.5, 0.6) is 0 Å². The summed E-state index contributed by atoms with van der Waals surface area (Å²) in [6.07, 6.45) is 1.88. The molecular weight excluding hydrogens is 455 g/mol. The maximum atomic E-state index is 11.7. The molecule has 8 nitrogen and oxygen atoms in total. The molecule has 1 aliphatic heterocycles. The molecule has 0 spiro atoms. The molecule has 0 saturated heterocycles. The van der Waals surface area contributed by atoms with Gasteiger partial charge >= 0.3 is 0 Å². The van der Waals surface area contributed by atoms with Gasteiger partial charge in [-0.05, 0) is 41.8 Å². The van der Waals surface area contributed by atoms with Crippen molar-refractivity contribution < 1.29 is 8.42 Å². The van der Waals surface area contributed by atoms with Crippen LogP contribution < -0.4 is 10.5 Å². The predicted molar refractivity (Wildman–Crippen MR) is 113 cm³/mol. The number of nitrogens with one attached hydrogen (secondary N) is 1. The Labute approximate surface area is 182 Å². The Kier molecular flexibility index (Phi) is 5.74. The Hall–Kier alpha value is -1.82. The van der Waals surface area contributed by atoms with Gasteiger partial charge in [-0.3, -0.25) is 0 Å². The van der Waals surface area contributed by atoms with Gasteiger partial charge in [0.15, 0.2) is 0 Å². The van der Waals surface area contributed by atoms with Crippen molar-refractivity contribution in [1.82, 2.24) is 19.3 Å². The van der Waals surface area contributed by atoms with Gasteiger partial charge in [0.1, 0.15) is 4.90 Å². The molecule has 0 aliphatic carbocycles. The Morgan fingerprint density at radius 1 is 1.17 bits per heavy atom. The molecule has 0 unspecified atom stereocenters. The average molecular weight is 471 g/mol. The van der Waals surface area contributed by atoms with Crippen molar-refractivity contribution in [3.63, 3.8) is 0 Å². The summed E-state index contributed by atoms with van der Waals surface area (Å²) in [5.41, 5.74) is 2.62. The van der Waals surface area contributed by atoms with E-state index in [1.165, 1.54) is 18.0 Å². The summed E-state index contributed by atoms with van der Waals surface area (Å²) >= 11 is 13.4. The van der Waals surface area contributed by atoms with E-state index in [-0.39, 0.29) is 9.92 Å². The molecule has 3 aromatic rings. The van der Waals surface area contributed by atoms with E-state index in [0.717, 1.165) is 21.8 Å². The summed E-state index contributed by atoms with van der Waals surface area (Å²) in [7, 11) is -3.90. The Bertz CT molecular complexity index is 1150. The minimum Gasteiger partial charge on any atom is -0.370 e. The summed E-state index contributed by atoms with van der Waals surface area (Å²) < 4.78 is 27.2. The zero-order valence-electron chi connectivity index (χ0n) is 14.9. The molecular formula is C17H16Cl2N6O2S2. The Balaban J connectivity index is 1.45. The highest BCUT2D eigenvalue weighted by molar-refractivity contribution is 7.97. The number of halogens is 2. The molecule has 2 heterocycles. The lowest BCUT2D eigenvalue weighted by atomic mass is 10.2. The second kappa shape index (κ2) is 8.13. The van der Waals surface area contributed by atoms with Crippen molar-refractivity contribution in [3.05, 3.63) is 63.9 Å². The van der Waals surface area contributed by atoms with Crippen LogP contribution in [0.25, 0.3) is 0 Å². The molecule has 12 heteroatoms. The first-order valence-corrected chi connectivity index (χ1v) is 11.5. The second-order valence-electron chi connectivity index (χ2n) is 6.42. The Morgan fingerprint density at radius 2 is 1.93 bits per heavy atom. The van der Waals surface area contributed by atoms with Gasteiger partial charge in [0, 0.05) is 9.92 Å². The number of sulfonamides is 1. The molecule has 0 radical (unpaired) electrons. The molecule has 0 bridgehead atoms. The van der Waals surface area contributed by atoms with Crippen LogP contribution in [0.4, 0.5) is 5.69 Å². The summed E-state index contributed by atoms with van der Waals surface area (Å²) in [5.74, 6) is 0. The summed E-state index contributed by atoms with van der Waals surface area (Å²) in [4.78, 5) is 0.626. The molecule has 152 valence electrons. The standard InChI is InChI=1S/C17H16Cl2N6O2S2/c18-12-3-1-11(2-4-12)7-24-8-13(22-23-24)9-25-10-21-15-5-14(19)17(29(20,26)27)6-16(15)28-25/h1-6,8,21H,7,9-10H2,(H2,20,26,27). The number of nitrogens with two attached hydrogens (primary N) is 1. The third-order valence-electron chi connectivity index (χ3n) is 4.20. The van der Waals surface area contributed by atoms with Crippen LogP contribution in [0, 0.1) is 0 Å². The summed E-state index contributed by atoms with van der Waals surface area (Å²) in [5, 5.41) is 17.6. The van der Waals surface area contributed by atoms with Crippen LogP contribution in [0.2, 0.25) is 10.0 Å². The zero-order valence-corrected chi connectivity index (χ0v) is 18.1. The van der Waals surface area contributed by atoms with Gasteiger partial charge < -0.3 is 5.32 Å². The topological polar surface area (TPSA) is 106 Å². The molecule has 0 saturated carbocycles. The van der Waals surface area contributed by atoms with Crippen molar-refractivity contribution in [1.29, 1.82) is 0 Å². The largest absolute Gasteiger partial charge is 0.370 e. The van der Waals surface area contributed by atoms with Gasteiger partial charge in [-0.15, -0.1) is 5.10 Å². The summed E-state index contributed by atoms with van der Waals surface area (Å²) in [6.45, 7) is 1.65. The van der Waals surface area contributed by atoms with Crippen molar-refractivity contribution in [2.45, 2.75) is 22.9 Å². The van der Waals surface area contributed by atoms with Crippen molar-refractivity contribution in [3.8, 4) is 0 Å². The van der Waals surface area contributed by atoms with Crippen molar-refractivity contribution >= 4 is 50.9 Å². The first kappa shape index (κ1) is 20.5. The fourth-order valence-electron chi connectivity index (χ4n) is 2.85. The van der Waals surface area contributed by atoms with Crippen LogP contribution >= 0.6 is 35.1 Å². The van der Waals surface area contributed by atoms with E-state index in [0.29, 0.717) is 24.8 Å². The second-order valence-corrected chi connectivity index (χ2v) is 9.94. The van der Waals surface area contributed by atoms with Crippen LogP contribution in [0.1, 0.15) is 11.3 Å². The summed E-state index contributed by atoms with van der Waals surface area (Å²) in [6, 6.07) is 10.6. The van der Waals surface area contributed by atoms with Crippen molar-refractivity contribution in [2.75, 3.05) is 12.0 Å². The molecule has 0 fully saturated rings. The molecule has 2 aromatic carbocycles. The fourth-order valence-corrected chi connectivity index (χ4v) is 5.15. The third kappa shape index (κ3) is 4.85. The van der Waals surface area contributed by atoms with E-state index in [2.05, 4.69) is 15.6 Å². The van der Waals surface area contributed by atoms with Gasteiger partial charge in [-0.1, -0.05) is 40.5 Å². The van der Waals surface area contributed by atoms with E-state index >= 15 is 0 Å². The maximum absolute atomic E-state index is 11.7. The lowest BCUT2D eigenvalue weighted by molar-refractivity contribution is 0.485. The lowest BCUT2D eigenvalue weighted by Gasteiger charge is -2.28. The van der Waals surface area contributed by atoms with Crippen LogP contribution in [-0.4, -0.2) is 34.4 Å². The van der Waals surface area contributed by atoms with E-state index in [9.17, 15) is 8.42 Å². The van der Waals surface area contributed by atoms with E-state index in [1.807, 2.05) is 34.8 Å². The predicted octanol–water partition coefficient (Wildman–Crippen LogP) is 3.17. The average Bonchev–Trinajstić information content (AvgIpc) is 3.09. The normalized spacial score (nSPS) is 14.4. The highest BCUT2D eigenvalue weighted by Crippen LogP contribution is 2.39. The van der Waals surface area contributed by atoms with Crippen LogP contribution in [0.3, 0.4) is 0 Å². The number of hydrogen-bond acceptors (Lipinski definition) is 7. The van der Waals surface area contributed by atoms with Crippen LogP contribution in [-0.2, 0) is 23.1 Å². The minimum atomic E-state index is -3.90. The molecule has 4 rings (SSSR count). The minimum absolute atomic E-state index is 0.0945.